The van der Waals surface area contributed by atoms with Gasteiger partial charge in [-0.15, -0.1) is 0 Å². The van der Waals surface area contributed by atoms with Crippen LogP contribution in [0.15, 0.2) is 28.7 Å². The fourth-order valence-electron chi connectivity index (χ4n) is 3.03. The summed E-state index contributed by atoms with van der Waals surface area (Å²) >= 11 is 3.44. The molecule has 0 bridgehead atoms. The molecule has 1 fully saturated rings. The molecule has 1 aliphatic heterocycles. The number of hydrogen-bond donors (Lipinski definition) is 1. The second-order valence-electron chi connectivity index (χ2n) is 6.44. The number of benzene rings is 1. The van der Waals surface area contributed by atoms with E-state index in [1.54, 1.807) is 0 Å². The van der Waals surface area contributed by atoms with E-state index in [2.05, 4.69) is 50.4 Å². The molecule has 5 nitrogen and oxygen atoms in total. The van der Waals surface area contributed by atoms with E-state index in [1.807, 2.05) is 11.8 Å². The maximum atomic E-state index is 12.3. The molecule has 1 aromatic carbocycles. The van der Waals surface area contributed by atoms with Gasteiger partial charge in [0.05, 0.1) is 6.54 Å². The van der Waals surface area contributed by atoms with Gasteiger partial charge >= 0.3 is 0 Å². The van der Waals surface area contributed by atoms with Gasteiger partial charge in [-0.1, -0.05) is 28.1 Å². The topological polar surface area (TPSA) is 52.7 Å². The van der Waals surface area contributed by atoms with Crippen molar-refractivity contribution in [1.82, 2.24) is 15.1 Å². The molecular formula is C19H28BrN3O2. The summed E-state index contributed by atoms with van der Waals surface area (Å²) in [4.78, 5) is 28.0. The van der Waals surface area contributed by atoms with E-state index >= 15 is 0 Å². The number of hydrogen-bond acceptors (Lipinski definition) is 3. The van der Waals surface area contributed by atoms with Crippen molar-refractivity contribution in [3.63, 3.8) is 0 Å². The highest BCUT2D eigenvalue weighted by atomic mass is 79.9. The molecular weight excluding hydrogens is 382 g/mol. The molecule has 1 heterocycles. The maximum absolute atomic E-state index is 12.3. The van der Waals surface area contributed by atoms with Crippen LogP contribution in [0.4, 0.5) is 0 Å². The molecule has 0 aromatic heterocycles. The van der Waals surface area contributed by atoms with Crippen molar-refractivity contribution < 1.29 is 9.59 Å². The van der Waals surface area contributed by atoms with Gasteiger partial charge in [0, 0.05) is 43.6 Å². The summed E-state index contributed by atoms with van der Waals surface area (Å²) in [6.07, 6.45) is 3.59. The van der Waals surface area contributed by atoms with Gasteiger partial charge in [-0.2, -0.15) is 0 Å². The molecule has 1 aliphatic rings. The molecule has 0 saturated carbocycles. The molecule has 2 rings (SSSR count). The first-order valence-corrected chi connectivity index (χ1v) is 9.89. The predicted octanol–water partition coefficient (Wildman–Crippen LogP) is 2.44. The maximum Gasteiger partial charge on any atom is 0.234 e. The van der Waals surface area contributed by atoms with Gasteiger partial charge in [-0.25, -0.2) is 0 Å². The average molecular weight is 410 g/mol. The second kappa shape index (κ2) is 10.6. The van der Waals surface area contributed by atoms with Crippen LogP contribution in [-0.2, 0) is 16.0 Å². The Balaban J connectivity index is 1.60. The second-order valence-corrected chi connectivity index (χ2v) is 7.36. The Bertz CT molecular complexity index is 554. The monoisotopic (exact) mass is 409 g/mol. The fourth-order valence-corrected chi connectivity index (χ4v) is 3.29. The van der Waals surface area contributed by atoms with Gasteiger partial charge in [-0.05, 0) is 43.9 Å². The van der Waals surface area contributed by atoms with Gasteiger partial charge in [0.2, 0.25) is 11.8 Å². The van der Waals surface area contributed by atoms with E-state index in [0.29, 0.717) is 19.5 Å². The van der Waals surface area contributed by atoms with Crippen LogP contribution in [-0.4, -0.2) is 60.9 Å². The average Bonchev–Trinajstić information content (AvgIpc) is 2.61. The highest BCUT2D eigenvalue weighted by molar-refractivity contribution is 9.10. The van der Waals surface area contributed by atoms with Gasteiger partial charge in [-0.3, -0.25) is 14.5 Å². The first-order valence-electron chi connectivity index (χ1n) is 9.09. The van der Waals surface area contributed by atoms with Crippen LogP contribution >= 0.6 is 15.9 Å². The summed E-state index contributed by atoms with van der Waals surface area (Å²) in [5.41, 5.74) is 1.31. The van der Waals surface area contributed by atoms with Crippen molar-refractivity contribution in [1.29, 1.82) is 0 Å². The predicted molar refractivity (Wildman–Crippen MR) is 103 cm³/mol. The Hall–Kier alpha value is -1.40. The lowest BCUT2D eigenvalue weighted by Gasteiger charge is -2.34. The third-order valence-electron chi connectivity index (χ3n) is 4.49. The van der Waals surface area contributed by atoms with Crippen LogP contribution in [0.1, 0.15) is 31.7 Å². The minimum absolute atomic E-state index is 0.0650. The van der Waals surface area contributed by atoms with Crippen molar-refractivity contribution in [3.8, 4) is 0 Å². The van der Waals surface area contributed by atoms with Crippen molar-refractivity contribution in [2.24, 2.45) is 0 Å². The van der Waals surface area contributed by atoms with Crippen molar-refractivity contribution in [2.45, 2.75) is 32.6 Å². The molecule has 138 valence electrons. The lowest BCUT2D eigenvalue weighted by molar-refractivity contribution is -0.133. The van der Waals surface area contributed by atoms with E-state index in [9.17, 15) is 9.59 Å². The zero-order chi connectivity index (χ0) is 18.1. The van der Waals surface area contributed by atoms with E-state index in [4.69, 9.17) is 0 Å². The molecule has 1 N–H and O–H groups in total. The van der Waals surface area contributed by atoms with E-state index in [-0.39, 0.29) is 11.8 Å². The summed E-state index contributed by atoms with van der Waals surface area (Å²) in [5.74, 6) is 0.309. The number of unbranched alkanes of at least 4 members (excludes halogenated alkanes) is 1. The number of piperazine rings is 1. The fraction of sp³-hybridized carbons (Fsp3) is 0.579. The Labute approximate surface area is 158 Å². The van der Waals surface area contributed by atoms with Crippen molar-refractivity contribution in [2.75, 3.05) is 39.3 Å². The molecule has 2 amide bonds. The number of halogens is 1. The first kappa shape index (κ1) is 19.9. The number of aryl methyl sites for hydroxylation is 1. The van der Waals surface area contributed by atoms with Crippen molar-refractivity contribution >= 4 is 27.7 Å². The summed E-state index contributed by atoms with van der Waals surface area (Å²) in [5, 5.41) is 2.81. The smallest absolute Gasteiger partial charge is 0.234 e. The lowest BCUT2D eigenvalue weighted by atomic mass is 10.1. The quantitative estimate of drug-likeness (QED) is 0.670. The molecule has 0 spiro atoms. The highest BCUT2D eigenvalue weighted by Crippen LogP contribution is 2.13. The summed E-state index contributed by atoms with van der Waals surface area (Å²) in [6, 6.07) is 8.36. The zero-order valence-corrected chi connectivity index (χ0v) is 16.6. The van der Waals surface area contributed by atoms with Crippen molar-refractivity contribution in [3.05, 3.63) is 34.3 Å². The first-order chi connectivity index (χ1) is 12.1. The number of rotatable bonds is 8. The highest BCUT2D eigenvalue weighted by Gasteiger charge is 2.21. The number of carbonyl (C=O) groups excluding carboxylic acids is 2. The van der Waals surface area contributed by atoms with E-state index in [1.165, 1.54) is 5.56 Å². The Morgan fingerprint density at radius 1 is 1.08 bits per heavy atom. The molecule has 0 aliphatic carbocycles. The summed E-state index contributed by atoms with van der Waals surface area (Å²) < 4.78 is 1.10. The SMILES string of the molecule is CCNC(=O)CN1CCN(C(=O)CCCCc2ccc(Br)cc2)CC1. The Kier molecular flexibility index (Phi) is 8.41. The van der Waals surface area contributed by atoms with Gasteiger partial charge < -0.3 is 10.2 Å². The standard InChI is InChI=1S/C19H28BrN3O2/c1-2-21-18(24)15-22-11-13-23(14-12-22)19(25)6-4-3-5-16-7-9-17(20)10-8-16/h7-10H,2-6,11-15H2,1H3,(H,21,24). The summed E-state index contributed by atoms with van der Waals surface area (Å²) in [7, 11) is 0. The molecule has 0 unspecified atom stereocenters. The number of nitrogens with one attached hydrogen (secondary N) is 1. The number of carbonyl (C=O) groups is 2. The number of likely N-dealkylation sites (N-methyl/N-ethyl adjacent to an activating group) is 1. The third-order valence-corrected chi connectivity index (χ3v) is 5.01. The minimum Gasteiger partial charge on any atom is -0.355 e. The third kappa shape index (κ3) is 7.16. The van der Waals surface area contributed by atoms with Gasteiger partial charge in [0.1, 0.15) is 0 Å². The molecule has 25 heavy (non-hydrogen) atoms. The zero-order valence-electron chi connectivity index (χ0n) is 15.0. The van der Waals surface area contributed by atoms with Crippen LogP contribution in [0, 0.1) is 0 Å². The van der Waals surface area contributed by atoms with E-state index in [0.717, 1.165) is 49.9 Å². The minimum atomic E-state index is 0.0650. The normalized spacial score (nSPS) is 15.2. The van der Waals surface area contributed by atoms with E-state index < -0.39 is 0 Å². The van der Waals surface area contributed by atoms with Crippen LogP contribution in [0.3, 0.4) is 0 Å². The number of amides is 2. The van der Waals surface area contributed by atoms with Crippen LogP contribution in [0.25, 0.3) is 0 Å². The molecule has 0 atom stereocenters. The van der Waals surface area contributed by atoms with Crippen LogP contribution < -0.4 is 5.32 Å². The van der Waals surface area contributed by atoms with Gasteiger partial charge in [0.25, 0.3) is 0 Å². The Morgan fingerprint density at radius 2 is 1.76 bits per heavy atom. The van der Waals surface area contributed by atoms with Gasteiger partial charge in [0.15, 0.2) is 0 Å². The molecule has 6 heteroatoms. The lowest BCUT2D eigenvalue weighted by Crippen LogP contribution is -2.51. The largest absolute Gasteiger partial charge is 0.355 e. The molecule has 0 radical (unpaired) electrons. The summed E-state index contributed by atoms with van der Waals surface area (Å²) in [6.45, 7) is 6.03. The van der Waals surface area contributed by atoms with Crippen LogP contribution in [0.5, 0.6) is 0 Å². The number of nitrogens with zero attached hydrogens (tertiary/aromatic N) is 2. The Morgan fingerprint density at radius 3 is 2.40 bits per heavy atom. The van der Waals surface area contributed by atoms with Crippen LogP contribution in [0.2, 0.25) is 0 Å². The molecule has 1 saturated heterocycles. The molecule has 1 aromatic rings.